The van der Waals surface area contributed by atoms with Gasteiger partial charge >= 0.3 is 0 Å². The summed E-state index contributed by atoms with van der Waals surface area (Å²) >= 11 is 0. The summed E-state index contributed by atoms with van der Waals surface area (Å²) in [6, 6.07) is 7.08. The fourth-order valence-electron chi connectivity index (χ4n) is 2.54. The number of amides is 2. The molecule has 5 heteroatoms. The van der Waals surface area contributed by atoms with E-state index in [1.165, 1.54) is 0 Å². The van der Waals surface area contributed by atoms with E-state index in [1.54, 1.807) is 24.3 Å². The quantitative estimate of drug-likeness (QED) is 0.823. The van der Waals surface area contributed by atoms with Gasteiger partial charge in [-0.25, -0.2) is 0 Å². The molecule has 1 aliphatic rings. The SMILES string of the molecule is CC(C)CC1CNC(=O)c2ccccc2OC/C=C/CC(=O)N1. The van der Waals surface area contributed by atoms with Gasteiger partial charge in [-0.15, -0.1) is 0 Å². The summed E-state index contributed by atoms with van der Waals surface area (Å²) in [5.74, 6) is 0.748. The van der Waals surface area contributed by atoms with Gasteiger partial charge in [0.15, 0.2) is 0 Å². The van der Waals surface area contributed by atoms with Crippen LogP contribution in [0.25, 0.3) is 0 Å². The zero-order valence-corrected chi connectivity index (χ0v) is 13.7. The number of benzene rings is 1. The predicted octanol–water partition coefficient (Wildman–Crippen LogP) is 2.29. The Bertz CT molecular complexity index is 581. The van der Waals surface area contributed by atoms with Crippen LogP contribution in [0, 0.1) is 5.92 Å². The number of hydrogen-bond donors (Lipinski definition) is 2. The Hall–Kier alpha value is -2.30. The van der Waals surface area contributed by atoms with E-state index in [1.807, 2.05) is 12.1 Å². The van der Waals surface area contributed by atoms with Gasteiger partial charge in [0.1, 0.15) is 12.4 Å². The zero-order valence-electron chi connectivity index (χ0n) is 13.7. The molecule has 2 amide bonds. The molecule has 0 saturated heterocycles. The highest BCUT2D eigenvalue weighted by atomic mass is 16.5. The van der Waals surface area contributed by atoms with Crippen LogP contribution in [0.1, 0.15) is 37.0 Å². The minimum atomic E-state index is -0.188. The topological polar surface area (TPSA) is 67.4 Å². The third-order valence-corrected chi connectivity index (χ3v) is 3.57. The molecule has 2 N–H and O–H groups in total. The average Bonchev–Trinajstić information content (AvgIpc) is 2.52. The lowest BCUT2D eigenvalue weighted by molar-refractivity contribution is -0.121. The second kappa shape index (κ2) is 8.36. The van der Waals surface area contributed by atoms with Crippen LogP contribution >= 0.6 is 0 Å². The second-order valence-corrected chi connectivity index (χ2v) is 6.09. The van der Waals surface area contributed by atoms with Crippen molar-refractivity contribution in [1.29, 1.82) is 0 Å². The molecular weight excluding hydrogens is 292 g/mol. The Kier molecular flexibility index (Phi) is 6.20. The van der Waals surface area contributed by atoms with Crippen molar-refractivity contribution < 1.29 is 14.3 Å². The molecule has 124 valence electrons. The lowest BCUT2D eigenvalue weighted by Crippen LogP contribution is -2.44. The van der Waals surface area contributed by atoms with Crippen molar-refractivity contribution in [2.24, 2.45) is 5.92 Å². The number of carbonyl (C=O) groups is 2. The van der Waals surface area contributed by atoms with Gasteiger partial charge in [-0.1, -0.05) is 38.1 Å². The van der Waals surface area contributed by atoms with Crippen LogP contribution < -0.4 is 15.4 Å². The summed E-state index contributed by atoms with van der Waals surface area (Å²) in [6.07, 6.45) is 4.71. The van der Waals surface area contributed by atoms with Crippen molar-refractivity contribution in [3.05, 3.63) is 42.0 Å². The maximum atomic E-state index is 12.4. The van der Waals surface area contributed by atoms with Crippen LogP contribution in [0.4, 0.5) is 0 Å². The molecule has 2 rings (SSSR count). The summed E-state index contributed by atoms with van der Waals surface area (Å²) in [5.41, 5.74) is 0.509. The molecule has 1 aromatic rings. The molecule has 0 radical (unpaired) electrons. The summed E-state index contributed by atoms with van der Waals surface area (Å²) in [5, 5.41) is 5.88. The molecule has 0 spiro atoms. The van der Waals surface area contributed by atoms with Gasteiger partial charge in [0, 0.05) is 19.0 Å². The predicted molar refractivity (Wildman–Crippen MR) is 89.4 cm³/mol. The summed E-state index contributed by atoms with van der Waals surface area (Å²) in [7, 11) is 0. The van der Waals surface area contributed by atoms with Crippen molar-refractivity contribution in [2.75, 3.05) is 13.2 Å². The van der Waals surface area contributed by atoms with Crippen molar-refractivity contribution in [3.8, 4) is 5.75 Å². The van der Waals surface area contributed by atoms with E-state index in [9.17, 15) is 9.59 Å². The molecule has 0 aromatic heterocycles. The fourth-order valence-corrected chi connectivity index (χ4v) is 2.54. The highest BCUT2D eigenvalue weighted by Gasteiger charge is 2.17. The lowest BCUT2D eigenvalue weighted by atomic mass is 10.0. The number of nitrogens with one attached hydrogen (secondary N) is 2. The van der Waals surface area contributed by atoms with Gasteiger partial charge < -0.3 is 15.4 Å². The fraction of sp³-hybridized carbons (Fsp3) is 0.444. The van der Waals surface area contributed by atoms with Gasteiger partial charge in [-0.3, -0.25) is 9.59 Å². The van der Waals surface area contributed by atoms with E-state index < -0.39 is 0 Å². The highest BCUT2D eigenvalue weighted by molar-refractivity contribution is 5.97. The van der Waals surface area contributed by atoms with Gasteiger partial charge in [0.2, 0.25) is 5.91 Å². The number of fused-ring (bicyclic) bond motifs is 1. The van der Waals surface area contributed by atoms with E-state index >= 15 is 0 Å². The maximum absolute atomic E-state index is 12.4. The van der Waals surface area contributed by atoms with Gasteiger partial charge in [-0.05, 0) is 24.5 Å². The van der Waals surface area contributed by atoms with Gasteiger partial charge in [0.05, 0.1) is 5.56 Å². The molecule has 1 unspecified atom stereocenters. The Labute approximate surface area is 137 Å². The first-order chi connectivity index (χ1) is 11.1. The lowest BCUT2D eigenvalue weighted by Gasteiger charge is -2.21. The van der Waals surface area contributed by atoms with Gasteiger partial charge in [-0.2, -0.15) is 0 Å². The molecule has 0 aliphatic carbocycles. The molecule has 5 nitrogen and oxygen atoms in total. The smallest absolute Gasteiger partial charge is 0.255 e. The second-order valence-electron chi connectivity index (χ2n) is 6.09. The van der Waals surface area contributed by atoms with E-state index in [4.69, 9.17) is 4.74 Å². The van der Waals surface area contributed by atoms with Crippen LogP contribution in [0.5, 0.6) is 5.75 Å². The Morgan fingerprint density at radius 1 is 1.22 bits per heavy atom. The molecule has 1 aliphatic heterocycles. The molecule has 0 fully saturated rings. The summed E-state index contributed by atoms with van der Waals surface area (Å²) in [4.78, 5) is 24.4. The minimum absolute atomic E-state index is 0.0436. The number of hydrogen-bond acceptors (Lipinski definition) is 3. The molecule has 0 saturated carbocycles. The monoisotopic (exact) mass is 316 g/mol. The minimum Gasteiger partial charge on any atom is -0.489 e. The zero-order chi connectivity index (χ0) is 16.7. The Morgan fingerprint density at radius 3 is 2.78 bits per heavy atom. The number of carbonyl (C=O) groups excluding carboxylic acids is 2. The molecule has 23 heavy (non-hydrogen) atoms. The third kappa shape index (κ3) is 5.43. The van der Waals surface area contributed by atoms with Crippen LogP contribution in [-0.4, -0.2) is 31.0 Å². The number of rotatable bonds is 2. The molecule has 0 bridgehead atoms. The van der Waals surface area contributed by atoms with E-state index in [0.29, 0.717) is 36.8 Å². The number of ether oxygens (including phenoxy) is 1. The first-order valence-corrected chi connectivity index (χ1v) is 8.00. The Balaban J connectivity index is 2.18. The summed E-state index contributed by atoms with van der Waals surface area (Å²) < 4.78 is 5.62. The standard InChI is InChI=1S/C18H24N2O3/c1-13(2)11-14-12-19-18(22)15-7-3-4-8-16(15)23-10-6-5-9-17(21)20-14/h3-8,13-14H,9-12H2,1-2H3,(H,19,22)(H,20,21)/b6-5+. The Morgan fingerprint density at radius 2 is 2.00 bits per heavy atom. The van der Waals surface area contributed by atoms with Crippen LogP contribution in [-0.2, 0) is 4.79 Å². The van der Waals surface area contributed by atoms with Gasteiger partial charge in [0.25, 0.3) is 5.91 Å². The van der Waals surface area contributed by atoms with Crippen molar-refractivity contribution in [2.45, 2.75) is 32.7 Å². The number of para-hydroxylation sites is 1. The molecular formula is C18H24N2O3. The van der Waals surface area contributed by atoms with Crippen LogP contribution in [0.2, 0.25) is 0 Å². The summed E-state index contributed by atoms with van der Waals surface area (Å²) in [6.45, 7) is 4.92. The third-order valence-electron chi connectivity index (χ3n) is 3.57. The van der Waals surface area contributed by atoms with Crippen molar-refractivity contribution in [3.63, 3.8) is 0 Å². The first kappa shape index (κ1) is 17.1. The van der Waals surface area contributed by atoms with Crippen molar-refractivity contribution >= 4 is 11.8 Å². The average molecular weight is 316 g/mol. The molecule has 1 heterocycles. The first-order valence-electron chi connectivity index (χ1n) is 8.00. The van der Waals surface area contributed by atoms with Crippen molar-refractivity contribution in [1.82, 2.24) is 10.6 Å². The van der Waals surface area contributed by atoms with E-state index in [2.05, 4.69) is 24.5 Å². The van der Waals surface area contributed by atoms with E-state index in [-0.39, 0.29) is 17.9 Å². The van der Waals surface area contributed by atoms with Crippen LogP contribution in [0.3, 0.4) is 0 Å². The maximum Gasteiger partial charge on any atom is 0.255 e. The largest absolute Gasteiger partial charge is 0.489 e. The normalized spacial score (nSPS) is 20.9. The van der Waals surface area contributed by atoms with Crippen LogP contribution in [0.15, 0.2) is 36.4 Å². The molecule has 1 aromatic carbocycles. The highest BCUT2D eigenvalue weighted by Crippen LogP contribution is 2.18. The molecule has 1 atom stereocenters. The van der Waals surface area contributed by atoms with E-state index in [0.717, 1.165) is 6.42 Å².